The number of amides is 1. The molecule has 0 saturated carbocycles. The molecule has 2 saturated heterocycles. The number of benzene rings is 1. The van der Waals surface area contributed by atoms with Crippen molar-refractivity contribution in [3.8, 4) is 0 Å². The second-order valence-electron chi connectivity index (χ2n) is 8.03. The Morgan fingerprint density at radius 2 is 1.77 bits per heavy atom. The predicted molar refractivity (Wildman–Crippen MR) is 103 cm³/mol. The van der Waals surface area contributed by atoms with Gasteiger partial charge >= 0.3 is 0 Å². The van der Waals surface area contributed by atoms with E-state index in [9.17, 15) is 18.0 Å². The van der Waals surface area contributed by atoms with Gasteiger partial charge in [0.25, 0.3) is 5.91 Å². The Labute approximate surface area is 172 Å². The molecule has 1 aromatic heterocycles. The van der Waals surface area contributed by atoms with E-state index < -0.39 is 23.5 Å². The number of nitrogens with zero attached hydrogens (tertiary/aromatic N) is 3. The zero-order valence-electron chi connectivity index (χ0n) is 16.6. The Hall–Kier alpha value is -2.68. The number of anilines is 1. The van der Waals surface area contributed by atoms with Crippen molar-refractivity contribution < 1.29 is 22.7 Å². The van der Waals surface area contributed by atoms with Gasteiger partial charge in [-0.3, -0.25) is 4.79 Å². The van der Waals surface area contributed by atoms with Gasteiger partial charge in [-0.2, -0.15) is 0 Å². The molecule has 0 bridgehead atoms. The number of ether oxygens (including phenoxy) is 1. The molecule has 160 valence electrons. The van der Waals surface area contributed by atoms with Crippen LogP contribution in [0.3, 0.4) is 0 Å². The van der Waals surface area contributed by atoms with Crippen molar-refractivity contribution in [3.63, 3.8) is 0 Å². The van der Waals surface area contributed by atoms with Crippen LogP contribution in [0.1, 0.15) is 48.1 Å². The molecule has 1 amide bonds. The SMILES string of the molecule is C[C@@H](Nc1ncc(C(=O)N2CCC3(CCOCC3)C2)cn1)c1c(F)cc(F)cc1F. The summed E-state index contributed by atoms with van der Waals surface area (Å²) in [5.74, 6) is -2.98. The molecular weight excluding hydrogens is 397 g/mol. The van der Waals surface area contributed by atoms with Gasteiger partial charge in [0.2, 0.25) is 5.95 Å². The minimum atomic E-state index is -0.990. The minimum Gasteiger partial charge on any atom is -0.381 e. The standard InChI is InChI=1S/C21H23F3N4O2/c1-13(18-16(23)8-15(22)9-17(18)24)27-20-25-10-14(11-26-20)19(29)28-5-2-21(12-28)3-6-30-7-4-21/h8-11,13H,2-7,12H2,1H3,(H,25,26,27)/t13-/m1/s1. The Kier molecular flexibility index (Phi) is 5.64. The van der Waals surface area contributed by atoms with Gasteiger partial charge in [0.15, 0.2) is 0 Å². The van der Waals surface area contributed by atoms with Gasteiger partial charge in [-0.15, -0.1) is 0 Å². The number of halogens is 3. The molecule has 2 aliphatic heterocycles. The van der Waals surface area contributed by atoms with E-state index in [1.165, 1.54) is 19.3 Å². The first-order chi connectivity index (χ1) is 14.4. The highest BCUT2D eigenvalue weighted by atomic mass is 19.1. The summed E-state index contributed by atoms with van der Waals surface area (Å²) in [5.41, 5.74) is 0.199. The number of rotatable bonds is 4. The van der Waals surface area contributed by atoms with E-state index in [0.29, 0.717) is 30.8 Å². The number of nitrogens with one attached hydrogen (secondary N) is 1. The molecule has 6 nitrogen and oxygen atoms in total. The molecule has 2 fully saturated rings. The molecule has 4 rings (SSSR count). The maximum absolute atomic E-state index is 13.9. The molecule has 1 N–H and O–H groups in total. The van der Waals surface area contributed by atoms with Gasteiger partial charge in [0.05, 0.1) is 11.6 Å². The molecule has 30 heavy (non-hydrogen) atoms. The highest BCUT2D eigenvalue weighted by Crippen LogP contribution is 2.40. The van der Waals surface area contributed by atoms with Crippen LogP contribution in [-0.4, -0.2) is 47.1 Å². The number of hydrogen-bond donors (Lipinski definition) is 1. The van der Waals surface area contributed by atoms with Gasteiger partial charge in [-0.1, -0.05) is 0 Å². The second-order valence-corrected chi connectivity index (χ2v) is 8.03. The fourth-order valence-electron chi connectivity index (χ4n) is 4.25. The van der Waals surface area contributed by atoms with Crippen LogP contribution in [0, 0.1) is 22.9 Å². The van der Waals surface area contributed by atoms with Crippen molar-refractivity contribution in [2.24, 2.45) is 5.41 Å². The topological polar surface area (TPSA) is 67.4 Å². The van der Waals surface area contributed by atoms with Crippen LogP contribution < -0.4 is 5.32 Å². The molecule has 2 aromatic rings. The summed E-state index contributed by atoms with van der Waals surface area (Å²) in [4.78, 5) is 22.8. The maximum Gasteiger partial charge on any atom is 0.257 e. The summed E-state index contributed by atoms with van der Waals surface area (Å²) in [6, 6.07) is 0.417. The molecule has 1 spiro atoms. The summed E-state index contributed by atoms with van der Waals surface area (Å²) >= 11 is 0. The number of aromatic nitrogens is 2. The Morgan fingerprint density at radius 1 is 1.13 bits per heavy atom. The van der Waals surface area contributed by atoms with Crippen LogP contribution in [0.15, 0.2) is 24.5 Å². The fraction of sp³-hybridized carbons (Fsp3) is 0.476. The van der Waals surface area contributed by atoms with Gasteiger partial charge in [0.1, 0.15) is 17.5 Å². The first kappa shape index (κ1) is 20.6. The predicted octanol–water partition coefficient (Wildman–Crippen LogP) is 3.71. The van der Waals surface area contributed by atoms with E-state index in [4.69, 9.17) is 4.74 Å². The molecule has 1 aromatic carbocycles. The fourth-order valence-corrected chi connectivity index (χ4v) is 4.25. The van der Waals surface area contributed by atoms with Gasteiger partial charge in [-0.25, -0.2) is 23.1 Å². The number of likely N-dealkylation sites (tertiary alicyclic amines) is 1. The molecule has 0 aliphatic carbocycles. The lowest BCUT2D eigenvalue weighted by Gasteiger charge is -2.33. The van der Waals surface area contributed by atoms with Crippen molar-refractivity contribution >= 4 is 11.9 Å². The van der Waals surface area contributed by atoms with Crippen LogP contribution in [0.4, 0.5) is 19.1 Å². The van der Waals surface area contributed by atoms with Crippen molar-refractivity contribution in [1.29, 1.82) is 0 Å². The quantitative estimate of drug-likeness (QED) is 0.817. The zero-order valence-corrected chi connectivity index (χ0v) is 16.6. The van der Waals surface area contributed by atoms with Crippen molar-refractivity contribution in [2.75, 3.05) is 31.6 Å². The lowest BCUT2D eigenvalue weighted by molar-refractivity contribution is 0.0191. The van der Waals surface area contributed by atoms with E-state index in [1.54, 1.807) is 0 Å². The van der Waals surface area contributed by atoms with E-state index in [0.717, 1.165) is 32.5 Å². The second kappa shape index (κ2) is 8.22. The highest BCUT2D eigenvalue weighted by Gasteiger charge is 2.41. The molecular formula is C21H23F3N4O2. The largest absolute Gasteiger partial charge is 0.381 e. The zero-order chi connectivity index (χ0) is 21.3. The molecule has 3 heterocycles. The number of hydrogen-bond acceptors (Lipinski definition) is 5. The lowest BCUT2D eigenvalue weighted by atomic mass is 9.80. The van der Waals surface area contributed by atoms with E-state index in [-0.39, 0.29) is 22.8 Å². The average Bonchev–Trinajstić information content (AvgIpc) is 3.11. The van der Waals surface area contributed by atoms with Crippen molar-refractivity contribution in [1.82, 2.24) is 14.9 Å². The van der Waals surface area contributed by atoms with E-state index in [1.807, 2.05) is 4.90 Å². The van der Waals surface area contributed by atoms with Crippen molar-refractivity contribution in [3.05, 3.63) is 53.1 Å². The van der Waals surface area contributed by atoms with E-state index >= 15 is 0 Å². The number of carbonyl (C=O) groups is 1. The highest BCUT2D eigenvalue weighted by molar-refractivity contribution is 5.94. The normalized spacial score (nSPS) is 19.1. The first-order valence-electron chi connectivity index (χ1n) is 9.97. The van der Waals surface area contributed by atoms with Crippen LogP contribution in [0.2, 0.25) is 0 Å². The third-order valence-electron chi connectivity index (χ3n) is 6.00. The summed E-state index contributed by atoms with van der Waals surface area (Å²) in [6.45, 7) is 4.38. The third-order valence-corrected chi connectivity index (χ3v) is 6.00. The molecule has 2 aliphatic rings. The summed E-state index contributed by atoms with van der Waals surface area (Å²) in [6.07, 6.45) is 5.69. The Bertz CT molecular complexity index is 909. The molecule has 1 atom stereocenters. The molecule has 0 unspecified atom stereocenters. The van der Waals surface area contributed by atoms with Gasteiger partial charge < -0.3 is 15.0 Å². The molecule has 0 radical (unpaired) electrons. The monoisotopic (exact) mass is 420 g/mol. The maximum atomic E-state index is 13.9. The van der Waals surface area contributed by atoms with Crippen LogP contribution >= 0.6 is 0 Å². The summed E-state index contributed by atoms with van der Waals surface area (Å²) in [5, 5.41) is 2.78. The number of carbonyl (C=O) groups excluding carboxylic acids is 1. The van der Waals surface area contributed by atoms with Crippen LogP contribution in [-0.2, 0) is 4.74 Å². The minimum absolute atomic E-state index is 0.115. The van der Waals surface area contributed by atoms with Crippen molar-refractivity contribution in [2.45, 2.75) is 32.2 Å². The summed E-state index contributed by atoms with van der Waals surface area (Å²) < 4.78 is 46.4. The smallest absolute Gasteiger partial charge is 0.257 e. The van der Waals surface area contributed by atoms with Gasteiger partial charge in [-0.05, 0) is 31.6 Å². The Morgan fingerprint density at radius 3 is 2.40 bits per heavy atom. The first-order valence-corrected chi connectivity index (χ1v) is 9.97. The summed E-state index contributed by atoms with van der Waals surface area (Å²) in [7, 11) is 0. The lowest BCUT2D eigenvalue weighted by Crippen LogP contribution is -2.35. The molecule has 9 heteroatoms. The average molecular weight is 420 g/mol. The van der Waals surface area contributed by atoms with Crippen LogP contribution in [0.5, 0.6) is 0 Å². The third kappa shape index (κ3) is 4.12. The Balaban J connectivity index is 1.41. The van der Waals surface area contributed by atoms with Gasteiger partial charge in [0, 0.05) is 56.4 Å². The van der Waals surface area contributed by atoms with Crippen LogP contribution in [0.25, 0.3) is 0 Å². The van der Waals surface area contributed by atoms with E-state index in [2.05, 4.69) is 15.3 Å².